The Morgan fingerprint density at radius 1 is 1.44 bits per heavy atom. The average Bonchev–Trinajstić information content (AvgIpc) is 3.13. The molecule has 1 fully saturated rings. The number of fused-ring (bicyclic) bond motifs is 1. The molecule has 3 nitrogen and oxygen atoms in total. The molecule has 1 aromatic heterocycles. The minimum atomic E-state index is 0.660. The van der Waals surface area contributed by atoms with Crippen LogP contribution in [0.5, 0.6) is 5.75 Å². The molecule has 1 aromatic carbocycles. The van der Waals surface area contributed by atoms with E-state index in [1.165, 1.54) is 23.8 Å². The molecule has 1 aliphatic carbocycles. The molecule has 0 bridgehead atoms. The summed E-state index contributed by atoms with van der Waals surface area (Å²) < 4.78 is 7.41. The van der Waals surface area contributed by atoms with Crippen molar-refractivity contribution in [3.63, 3.8) is 0 Å². The Morgan fingerprint density at radius 2 is 2.22 bits per heavy atom. The number of halogens is 1. The molecule has 4 heteroatoms. The van der Waals surface area contributed by atoms with Gasteiger partial charge in [-0.05, 0) is 30.5 Å². The molecule has 1 aliphatic rings. The van der Waals surface area contributed by atoms with Crippen LogP contribution in [0.15, 0.2) is 18.3 Å². The fraction of sp³-hybridized carbons (Fsp3) is 0.429. The Bertz CT molecular complexity index is 587. The van der Waals surface area contributed by atoms with Crippen LogP contribution in [0.3, 0.4) is 0 Å². The molecule has 0 saturated heterocycles. The topological polar surface area (TPSA) is 26.2 Å². The highest BCUT2D eigenvalue weighted by Gasteiger charge is 2.21. The molecule has 0 unspecified atom stereocenters. The molecular weight excluding hydrogens is 248 g/mol. The summed E-state index contributed by atoms with van der Waals surface area (Å²) in [5, 5.41) is 5.42. The van der Waals surface area contributed by atoms with Gasteiger partial charge in [0.25, 0.3) is 0 Å². The second-order valence-electron chi connectivity index (χ2n) is 4.92. The van der Waals surface area contributed by atoms with Gasteiger partial charge in [0.05, 0.1) is 12.1 Å². The first-order chi connectivity index (χ1) is 8.69. The number of aromatic nitrogens is 1. The van der Waals surface area contributed by atoms with Crippen molar-refractivity contribution in [2.45, 2.75) is 25.4 Å². The molecule has 3 rings (SSSR count). The zero-order valence-electron chi connectivity index (χ0n) is 10.7. The number of hydrogen-bond acceptors (Lipinski definition) is 2. The van der Waals surface area contributed by atoms with Crippen LogP contribution < -0.4 is 10.1 Å². The SMILES string of the molecule is COc1cc2c(CNC3CC3)cn(C)c2cc1Cl. The van der Waals surface area contributed by atoms with Crippen molar-refractivity contribution >= 4 is 22.5 Å². The van der Waals surface area contributed by atoms with Crippen LogP contribution in [-0.2, 0) is 13.6 Å². The summed E-state index contributed by atoms with van der Waals surface area (Å²) in [6.45, 7) is 0.910. The minimum Gasteiger partial charge on any atom is -0.495 e. The van der Waals surface area contributed by atoms with Gasteiger partial charge >= 0.3 is 0 Å². The predicted octanol–water partition coefficient (Wildman–Crippen LogP) is 3.09. The highest BCUT2D eigenvalue weighted by Crippen LogP contribution is 2.32. The Kier molecular flexibility index (Phi) is 2.96. The largest absolute Gasteiger partial charge is 0.495 e. The molecular formula is C14H17ClN2O. The van der Waals surface area contributed by atoms with Crippen molar-refractivity contribution in [3.05, 3.63) is 28.9 Å². The lowest BCUT2D eigenvalue weighted by atomic mass is 10.1. The van der Waals surface area contributed by atoms with Gasteiger partial charge in [-0.15, -0.1) is 0 Å². The van der Waals surface area contributed by atoms with E-state index in [0.29, 0.717) is 5.02 Å². The van der Waals surface area contributed by atoms with Crippen molar-refractivity contribution in [1.29, 1.82) is 0 Å². The highest BCUT2D eigenvalue weighted by atomic mass is 35.5. The number of nitrogens with zero attached hydrogens (tertiary/aromatic N) is 1. The molecule has 1 saturated carbocycles. The van der Waals surface area contributed by atoms with Gasteiger partial charge in [-0.2, -0.15) is 0 Å². The third kappa shape index (κ3) is 2.08. The molecule has 0 spiro atoms. The van der Waals surface area contributed by atoms with Gasteiger partial charge < -0.3 is 14.6 Å². The summed E-state index contributed by atoms with van der Waals surface area (Å²) in [6.07, 6.45) is 4.77. The first-order valence-corrected chi connectivity index (χ1v) is 6.61. The second-order valence-corrected chi connectivity index (χ2v) is 5.33. The van der Waals surface area contributed by atoms with E-state index in [1.807, 2.05) is 19.2 Å². The zero-order valence-corrected chi connectivity index (χ0v) is 11.4. The molecule has 1 heterocycles. The van der Waals surface area contributed by atoms with Gasteiger partial charge in [-0.3, -0.25) is 0 Å². The number of methoxy groups -OCH3 is 1. The van der Waals surface area contributed by atoms with Gasteiger partial charge in [0.2, 0.25) is 0 Å². The van der Waals surface area contributed by atoms with E-state index in [2.05, 4.69) is 16.1 Å². The predicted molar refractivity (Wildman–Crippen MR) is 74.3 cm³/mol. The first-order valence-electron chi connectivity index (χ1n) is 6.24. The lowest BCUT2D eigenvalue weighted by Crippen LogP contribution is -2.14. The fourth-order valence-corrected chi connectivity index (χ4v) is 2.54. The third-order valence-electron chi connectivity index (χ3n) is 3.50. The molecule has 2 aromatic rings. The van der Waals surface area contributed by atoms with Gasteiger partial charge in [0.1, 0.15) is 5.75 Å². The summed E-state index contributed by atoms with van der Waals surface area (Å²) >= 11 is 6.17. The van der Waals surface area contributed by atoms with Crippen LogP contribution in [-0.4, -0.2) is 17.7 Å². The van der Waals surface area contributed by atoms with Crippen LogP contribution in [0.2, 0.25) is 5.02 Å². The Labute approximate surface area is 112 Å². The maximum Gasteiger partial charge on any atom is 0.138 e. The lowest BCUT2D eigenvalue weighted by molar-refractivity contribution is 0.415. The summed E-state index contributed by atoms with van der Waals surface area (Å²) in [6, 6.07) is 4.72. The van der Waals surface area contributed by atoms with Crippen LogP contribution in [0.4, 0.5) is 0 Å². The van der Waals surface area contributed by atoms with E-state index in [0.717, 1.165) is 23.9 Å². The molecule has 0 atom stereocenters. The lowest BCUT2D eigenvalue weighted by Gasteiger charge is -2.05. The minimum absolute atomic E-state index is 0.660. The number of aryl methyl sites for hydroxylation is 1. The Hall–Kier alpha value is -1.19. The average molecular weight is 265 g/mol. The van der Waals surface area contributed by atoms with E-state index in [4.69, 9.17) is 16.3 Å². The fourth-order valence-electron chi connectivity index (χ4n) is 2.30. The number of nitrogens with one attached hydrogen (secondary N) is 1. The van der Waals surface area contributed by atoms with E-state index in [-0.39, 0.29) is 0 Å². The molecule has 0 radical (unpaired) electrons. The van der Waals surface area contributed by atoms with Gasteiger partial charge in [0, 0.05) is 36.7 Å². The zero-order chi connectivity index (χ0) is 12.7. The number of hydrogen-bond donors (Lipinski definition) is 1. The summed E-state index contributed by atoms with van der Waals surface area (Å²) in [4.78, 5) is 0. The molecule has 0 aliphatic heterocycles. The quantitative estimate of drug-likeness (QED) is 0.918. The van der Waals surface area contributed by atoms with Crippen LogP contribution in [0.25, 0.3) is 10.9 Å². The second kappa shape index (κ2) is 4.48. The van der Waals surface area contributed by atoms with Gasteiger partial charge in [-0.1, -0.05) is 11.6 Å². The standard InChI is InChI=1S/C14H17ClN2O/c1-17-8-9(7-16-10-3-4-10)11-5-14(18-2)12(15)6-13(11)17/h5-6,8,10,16H,3-4,7H2,1-2H3. The van der Waals surface area contributed by atoms with Crippen LogP contribution in [0.1, 0.15) is 18.4 Å². The van der Waals surface area contributed by atoms with Crippen molar-refractivity contribution in [2.75, 3.05) is 7.11 Å². The van der Waals surface area contributed by atoms with Crippen LogP contribution >= 0.6 is 11.6 Å². The number of benzene rings is 1. The Morgan fingerprint density at radius 3 is 2.89 bits per heavy atom. The third-order valence-corrected chi connectivity index (χ3v) is 3.80. The smallest absolute Gasteiger partial charge is 0.138 e. The first kappa shape index (κ1) is 11.9. The van der Waals surface area contributed by atoms with E-state index >= 15 is 0 Å². The van der Waals surface area contributed by atoms with Gasteiger partial charge in [-0.25, -0.2) is 0 Å². The van der Waals surface area contributed by atoms with E-state index < -0.39 is 0 Å². The maximum atomic E-state index is 6.17. The van der Waals surface area contributed by atoms with E-state index in [1.54, 1.807) is 7.11 Å². The molecule has 0 amide bonds. The number of rotatable bonds is 4. The monoisotopic (exact) mass is 264 g/mol. The molecule has 18 heavy (non-hydrogen) atoms. The van der Waals surface area contributed by atoms with Gasteiger partial charge in [0.15, 0.2) is 0 Å². The van der Waals surface area contributed by atoms with Crippen molar-refractivity contribution < 1.29 is 4.74 Å². The van der Waals surface area contributed by atoms with Crippen LogP contribution in [0, 0.1) is 0 Å². The van der Waals surface area contributed by atoms with E-state index in [9.17, 15) is 0 Å². The summed E-state index contributed by atoms with van der Waals surface area (Å²) in [5.41, 5.74) is 2.45. The van der Waals surface area contributed by atoms with Crippen molar-refractivity contribution in [2.24, 2.45) is 7.05 Å². The summed E-state index contributed by atoms with van der Waals surface area (Å²) in [5.74, 6) is 0.739. The maximum absolute atomic E-state index is 6.17. The molecule has 96 valence electrons. The molecule has 1 N–H and O–H groups in total. The normalized spacial score (nSPS) is 15.3. The highest BCUT2D eigenvalue weighted by molar-refractivity contribution is 6.32. The number of ether oxygens (including phenoxy) is 1. The van der Waals surface area contributed by atoms with Crippen molar-refractivity contribution in [1.82, 2.24) is 9.88 Å². The van der Waals surface area contributed by atoms with Crippen molar-refractivity contribution in [3.8, 4) is 5.75 Å². The summed E-state index contributed by atoms with van der Waals surface area (Å²) in [7, 11) is 3.70. The Balaban J connectivity index is 2.01.